The summed E-state index contributed by atoms with van der Waals surface area (Å²) in [4.78, 5) is 11.0. The number of nitrogens with one attached hydrogen (secondary N) is 1. The quantitative estimate of drug-likeness (QED) is 0.640. The Labute approximate surface area is 75.0 Å². The lowest BCUT2D eigenvalue weighted by Crippen LogP contribution is -2.27. The molecule has 0 rings (SSSR count). The van der Waals surface area contributed by atoms with Crippen LogP contribution in [0.3, 0.4) is 0 Å². The average molecular weight is 169 g/mol. The van der Waals surface area contributed by atoms with Gasteiger partial charge < -0.3 is 5.32 Å². The fourth-order valence-electron chi connectivity index (χ4n) is 0.704. The first kappa shape index (κ1) is 11.2. The van der Waals surface area contributed by atoms with Gasteiger partial charge in [-0.3, -0.25) is 4.79 Å². The summed E-state index contributed by atoms with van der Waals surface area (Å²) >= 11 is 0. The van der Waals surface area contributed by atoms with Crippen molar-refractivity contribution in [1.29, 1.82) is 0 Å². The summed E-state index contributed by atoms with van der Waals surface area (Å²) in [6, 6.07) is 0. The van der Waals surface area contributed by atoms with Gasteiger partial charge >= 0.3 is 0 Å². The van der Waals surface area contributed by atoms with E-state index in [0.717, 1.165) is 0 Å². The van der Waals surface area contributed by atoms with E-state index in [0.29, 0.717) is 12.5 Å². The molecule has 0 radical (unpaired) electrons. The van der Waals surface area contributed by atoms with E-state index in [1.54, 1.807) is 0 Å². The maximum atomic E-state index is 11.0. The SMILES string of the molecule is CC(C)/C=C/CNC(=O)C(C)C. The molecular weight excluding hydrogens is 150 g/mol. The van der Waals surface area contributed by atoms with Crippen LogP contribution >= 0.6 is 0 Å². The van der Waals surface area contributed by atoms with Gasteiger partial charge in [0.2, 0.25) is 5.91 Å². The standard InChI is InChI=1S/C10H19NO/c1-8(2)6-5-7-11-10(12)9(3)4/h5-6,8-9H,7H2,1-4H3,(H,11,12)/b6-5+. The molecule has 0 saturated heterocycles. The summed E-state index contributed by atoms with van der Waals surface area (Å²) in [5.41, 5.74) is 0. The Morgan fingerprint density at radius 1 is 1.33 bits per heavy atom. The van der Waals surface area contributed by atoms with Gasteiger partial charge in [0.25, 0.3) is 0 Å². The molecule has 12 heavy (non-hydrogen) atoms. The number of amides is 1. The van der Waals surface area contributed by atoms with E-state index in [4.69, 9.17) is 0 Å². The predicted molar refractivity (Wildman–Crippen MR) is 51.8 cm³/mol. The Hall–Kier alpha value is -0.790. The second kappa shape index (κ2) is 5.81. The lowest BCUT2D eigenvalue weighted by Gasteiger charge is -2.04. The van der Waals surface area contributed by atoms with Crippen molar-refractivity contribution in [3.05, 3.63) is 12.2 Å². The van der Waals surface area contributed by atoms with Gasteiger partial charge in [-0.1, -0.05) is 39.8 Å². The minimum absolute atomic E-state index is 0.0810. The number of hydrogen-bond acceptors (Lipinski definition) is 1. The molecule has 0 atom stereocenters. The smallest absolute Gasteiger partial charge is 0.222 e. The molecule has 0 saturated carbocycles. The second-order valence-corrected chi connectivity index (χ2v) is 3.57. The molecule has 0 fully saturated rings. The van der Waals surface area contributed by atoms with Gasteiger partial charge in [0.05, 0.1) is 0 Å². The lowest BCUT2D eigenvalue weighted by atomic mass is 10.2. The highest BCUT2D eigenvalue weighted by molar-refractivity contribution is 5.77. The van der Waals surface area contributed by atoms with Crippen LogP contribution in [-0.4, -0.2) is 12.5 Å². The Morgan fingerprint density at radius 2 is 1.92 bits per heavy atom. The zero-order valence-electron chi connectivity index (χ0n) is 8.42. The fourth-order valence-corrected chi connectivity index (χ4v) is 0.704. The van der Waals surface area contributed by atoms with Crippen molar-refractivity contribution in [2.75, 3.05) is 6.54 Å². The third kappa shape index (κ3) is 5.96. The third-order valence-corrected chi connectivity index (χ3v) is 1.44. The lowest BCUT2D eigenvalue weighted by molar-refractivity contribution is -0.123. The van der Waals surface area contributed by atoms with E-state index in [1.165, 1.54) is 0 Å². The molecule has 0 heterocycles. The van der Waals surface area contributed by atoms with Gasteiger partial charge in [0.15, 0.2) is 0 Å². The first-order chi connectivity index (χ1) is 5.54. The van der Waals surface area contributed by atoms with Crippen LogP contribution in [0.2, 0.25) is 0 Å². The van der Waals surface area contributed by atoms with Crippen molar-refractivity contribution in [3.8, 4) is 0 Å². The van der Waals surface area contributed by atoms with E-state index >= 15 is 0 Å². The van der Waals surface area contributed by atoms with Crippen LogP contribution in [0.25, 0.3) is 0 Å². The van der Waals surface area contributed by atoms with Crippen molar-refractivity contribution in [2.45, 2.75) is 27.7 Å². The van der Waals surface area contributed by atoms with Gasteiger partial charge in [-0.25, -0.2) is 0 Å². The molecule has 2 heteroatoms. The molecule has 0 bridgehead atoms. The average Bonchev–Trinajstić information content (AvgIpc) is 1.97. The number of rotatable bonds is 4. The second-order valence-electron chi connectivity index (χ2n) is 3.57. The van der Waals surface area contributed by atoms with E-state index in [9.17, 15) is 4.79 Å². The maximum absolute atomic E-state index is 11.0. The van der Waals surface area contributed by atoms with Crippen molar-refractivity contribution in [3.63, 3.8) is 0 Å². The molecule has 0 aromatic rings. The zero-order chi connectivity index (χ0) is 9.56. The first-order valence-corrected chi connectivity index (χ1v) is 4.48. The molecule has 0 aliphatic rings. The maximum Gasteiger partial charge on any atom is 0.222 e. The summed E-state index contributed by atoms with van der Waals surface area (Å²) in [6.45, 7) is 8.65. The topological polar surface area (TPSA) is 29.1 Å². The monoisotopic (exact) mass is 169 g/mol. The first-order valence-electron chi connectivity index (χ1n) is 4.48. The Morgan fingerprint density at radius 3 is 2.33 bits per heavy atom. The summed E-state index contributed by atoms with van der Waals surface area (Å²) in [6.07, 6.45) is 4.07. The highest BCUT2D eigenvalue weighted by Gasteiger charge is 2.03. The number of carbonyl (C=O) groups excluding carboxylic acids is 1. The largest absolute Gasteiger partial charge is 0.352 e. The molecule has 0 spiro atoms. The third-order valence-electron chi connectivity index (χ3n) is 1.44. The Balaban J connectivity index is 3.50. The predicted octanol–water partition coefficient (Wildman–Crippen LogP) is 1.97. The molecule has 70 valence electrons. The van der Waals surface area contributed by atoms with Gasteiger partial charge in [0.1, 0.15) is 0 Å². The summed E-state index contributed by atoms with van der Waals surface area (Å²) in [5, 5.41) is 2.81. The van der Waals surface area contributed by atoms with Crippen LogP contribution in [0.15, 0.2) is 12.2 Å². The van der Waals surface area contributed by atoms with Gasteiger partial charge in [-0.05, 0) is 5.92 Å². The molecular formula is C10H19NO. The van der Waals surface area contributed by atoms with Gasteiger partial charge in [-0.15, -0.1) is 0 Å². The molecule has 0 aliphatic carbocycles. The summed E-state index contributed by atoms with van der Waals surface area (Å²) in [7, 11) is 0. The fraction of sp³-hybridized carbons (Fsp3) is 0.700. The Bertz CT molecular complexity index is 159. The van der Waals surface area contributed by atoms with Crippen molar-refractivity contribution in [2.24, 2.45) is 11.8 Å². The van der Waals surface area contributed by atoms with Gasteiger partial charge in [-0.2, -0.15) is 0 Å². The number of carbonyl (C=O) groups is 1. The van der Waals surface area contributed by atoms with Gasteiger partial charge in [0, 0.05) is 12.5 Å². The minimum atomic E-state index is 0.0810. The van der Waals surface area contributed by atoms with E-state index < -0.39 is 0 Å². The summed E-state index contributed by atoms with van der Waals surface area (Å²) in [5.74, 6) is 0.752. The van der Waals surface area contributed by atoms with E-state index in [1.807, 2.05) is 19.9 Å². The Kier molecular flexibility index (Phi) is 5.43. The van der Waals surface area contributed by atoms with Crippen molar-refractivity contribution < 1.29 is 4.79 Å². The molecule has 0 aromatic heterocycles. The molecule has 0 aliphatic heterocycles. The minimum Gasteiger partial charge on any atom is -0.352 e. The van der Waals surface area contributed by atoms with Crippen LogP contribution < -0.4 is 5.32 Å². The highest BCUT2D eigenvalue weighted by Crippen LogP contribution is 1.93. The van der Waals surface area contributed by atoms with Crippen molar-refractivity contribution in [1.82, 2.24) is 5.32 Å². The van der Waals surface area contributed by atoms with Crippen molar-refractivity contribution >= 4 is 5.91 Å². The molecule has 0 unspecified atom stereocenters. The normalized spacial score (nSPS) is 11.5. The van der Waals surface area contributed by atoms with Crippen LogP contribution in [0, 0.1) is 11.8 Å². The molecule has 1 amide bonds. The van der Waals surface area contributed by atoms with Crippen LogP contribution in [0.1, 0.15) is 27.7 Å². The summed E-state index contributed by atoms with van der Waals surface area (Å²) < 4.78 is 0. The molecule has 0 aromatic carbocycles. The highest BCUT2D eigenvalue weighted by atomic mass is 16.1. The van der Waals surface area contributed by atoms with E-state index in [-0.39, 0.29) is 11.8 Å². The van der Waals surface area contributed by atoms with Crippen LogP contribution in [-0.2, 0) is 4.79 Å². The van der Waals surface area contributed by atoms with Crippen LogP contribution in [0.4, 0.5) is 0 Å². The zero-order valence-corrected chi connectivity index (χ0v) is 8.42. The van der Waals surface area contributed by atoms with Crippen LogP contribution in [0.5, 0.6) is 0 Å². The molecule has 2 nitrogen and oxygen atoms in total. The number of hydrogen-bond donors (Lipinski definition) is 1. The number of allylic oxidation sites excluding steroid dienone is 1. The van der Waals surface area contributed by atoms with E-state index in [2.05, 4.69) is 25.2 Å². The molecule has 1 N–H and O–H groups in total.